The molecule has 0 unspecified atom stereocenters. The van der Waals surface area contributed by atoms with Crippen LogP contribution >= 0.6 is 15.9 Å². The Bertz CT molecular complexity index is 525. The van der Waals surface area contributed by atoms with E-state index < -0.39 is 0 Å². The van der Waals surface area contributed by atoms with Gasteiger partial charge in [0.15, 0.2) is 0 Å². The summed E-state index contributed by atoms with van der Waals surface area (Å²) in [6.07, 6.45) is 3.66. The van der Waals surface area contributed by atoms with Gasteiger partial charge in [0.05, 0.1) is 25.0 Å². The molecule has 4 nitrogen and oxygen atoms in total. The lowest BCUT2D eigenvalue weighted by Gasteiger charge is -2.07. The van der Waals surface area contributed by atoms with Crippen molar-refractivity contribution in [3.63, 3.8) is 0 Å². The van der Waals surface area contributed by atoms with Crippen LogP contribution in [-0.2, 0) is 13.1 Å². The second kappa shape index (κ2) is 6.02. The van der Waals surface area contributed by atoms with E-state index in [0.29, 0.717) is 6.54 Å². The van der Waals surface area contributed by atoms with Gasteiger partial charge in [0.2, 0.25) is 0 Å². The molecule has 0 bridgehead atoms. The van der Waals surface area contributed by atoms with Crippen molar-refractivity contribution in [2.24, 2.45) is 0 Å². The van der Waals surface area contributed by atoms with Crippen LogP contribution < -0.4 is 5.32 Å². The molecule has 5 heteroatoms. The summed E-state index contributed by atoms with van der Waals surface area (Å²) in [4.78, 5) is 0. The first-order chi connectivity index (χ1) is 8.69. The van der Waals surface area contributed by atoms with Gasteiger partial charge in [-0.25, -0.2) is 0 Å². The van der Waals surface area contributed by atoms with E-state index >= 15 is 0 Å². The van der Waals surface area contributed by atoms with E-state index in [-0.39, 0.29) is 6.61 Å². The van der Waals surface area contributed by atoms with Crippen LogP contribution in [-0.4, -0.2) is 21.5 Å². The highest BCUT2D eigenvalue weighted by atomic mass is 79.9. The predicted molar refractivity (Wildman–Crippen MR) is 75.5 cm³/mol. The Morgan fingerprint density at radius 1 is 1.44 bits per heavy atom. The molecule has 2 rings (SSSR count). The molecule has 0 saturated heterocycles. The zero-order valence-corrected chi connectivity index (χ0v) is 11.8. The third-order valence-corrected chi connectivity index (χ3v) is 3.24. The number of nitrogens with zero attached hydrogens (tertiary/aromatic N) is 2. The molecule has 0 saturated carbocycles. The van der Waals surface area contributed by atoms with Crippen molar-refractivity contribution in [2.45, 2.75) is 20.0 Å². The van der Waals surface area contributed by atoms with Crippen LogP contribution in [0.2, 0.25) is 0 Å². The SMILES string of the molecule is Cc1cc(Br)ccc1CNc1cnn(CCO)c1. The van der Waals surface area contributed by atoms with Gasteiger partial charge in [-0.3, -0.25) is 4.68 Å². The summed E-state index contributed by atoms with van der Waals surface area (Å²) >= 11 is 3.46. The van der Waals surface area contributed by atoms with Crippen molar-refractivity contribution in [3.8, 4) is 0 Å². The molecule has 0 aliphatic carbocycles. The molecule has 0 spiro atoms. The van der Waals surface area contributed by atoms with Gasteiger partial charge in [0.1, 0.15) is 0 Å². The molecule has 18 heavy (non-hydrogen) atoms. The number of nitrogens with one attached hydrogen (secondary N) is 1. The van der Waals surface area contributed by atoms with Crippen molar-refractivity contribution in [1.82, 2.24) is 9.78 Å². The summed E-state index contributed by atoms with van der Waals surface area (Å²) in [5, 5.41) is 16.3. The fourth-order valence-electron chi connectivity index (χ4n) is 1.73. The van der Waals surface area contributed by atoms with Gasteiger partial charge in [-0.15, -0.1) is 0 Å². The first kappa shape index (κ1) is 13.1. The molecule has 1 heterocycles. The average Bonchev–Trinajstić information content (AvgIpc) is 2.76. The van der Waals surface area contributed by atoms with Gasteiger partial charge in [-0.2, -0.15) is 5.10 Å². The lowest BCUT2D eigenvalue weighted by molar-refractivity contribution is 0.269. The van der Waals surface area contributed by atoms with Crippen molar-refractivity contribution in [1.29, 1.82) is 0 Å². The zero-order valence-electron chi connectivity index (χ0n) is 10.2. The minimum atomic E-state index is 0.104. The zero-order chi connectivity index (χ0) is 13.0. The van der Waals surface area contributed by atoms with E-state index in [1.165, 1.54) is 11.1 Å². The fraction of sp³-hybridized carbons (Fsp3) is 0.308. The maximum Gasteiger partial charge on any atom is 0.0729 e. The number of benzene rings is 1. The maximum atomic E-state index is 8.81. The number of hydrogen-bond donors (Lipinski definition) is 2. The van der Waals surface area contributed by atoms with E-state index in [1.54, 1.807) is 10.9 Å². The summed E-state index contributed by atoms with van der Waals surface area (Å²) in [7, 11) is 0. The van der Waals surface area contributed by atoms with Gasteiger partial charge >= 0.3 is 0 Å². The van der Waals surface area contributed by atoms with Crippen molar-refractivity contribution >= 4 is 21.6 Å². The first-order valence-corrected chi connectivity index (χ1v) is 6.60. The Labute approximate surface area is 115 Å². The number of rotatable bonds is 5. The van der Waals surface area contributed by atoms with E-state index in [2.05, 4.69) is 45.4 Å². The molecule has 0 aliphatic rings. The molecule has 1 aromatic heterocycles. The van der Waals surface area contributed by atoms with Crippen LogP contribution in [0.3, 0.4) is 0 Å². The Kier molecular flexibility index (Phi) is 4.38. The number of anilines is 1. The van der Waals surface area contributed by atoms with E-state index in [9.17, 15) is 0 Å². The van der Waals surface area contributed by atoms with Gasteiger partial charge in [-0.05, 0) is 30.2 Å². The van der Waals surface area contributed by atoms with E-state index in [4.69, 9.17) is 5.11 Å². The average molecular weight is 310 g/mol. The van der Waals surface area contributed by atoms with Crippen LogP contribution in [0.25, 0.3) is 0 Å². The van der Waals surface area contributed by atoms with Crippen LogP contribution in [0.15, 0.2) is 35.1 Å². The van der Waals surface area contributed by atoms with E-state index in [0.717, 1.165) is 16.7 Å². The molecular formula is C13H16BrN3O. The van der Waals surface area contributed by atoms with Crippen molar-refractivity contribution < 1.29 is 5.11 Å². The van der Waals surface area contributed by atoms with E-state index in [1.807, 2.05) is 12.3 Å². The molecule has 0 atom stereocenters. The maximum absolute atomic E-state index is 8.81. The molecule has 1 aromatic carbocycles. The Hall–Kier alpha value is -1.33. The molecule has 2 N–H and O–H groups in total. The molecular weight excluding hydrogens is 294 g/mol. The Balaban J connectivity index is 1.97. The third-order valence-electron chi connectivity index (χ3n) is 2.75. The molecule has 96 valence electrons. The number of halogens is 1. The standard InChI is InChI=1S/C13H16BrN3O/c1-10-6-12(14)3-2-11(10)7-15-13-8-16-17(9-13)4-5-18/h2-3,6,8-9,15,18H,4-5,7H2,1H3. The normalized spacial score (nSPS) is 10.6. The summed E-state index contributed by atoms with van der Waals surface area (Å²) < 4.78 is 2.82. The molecule has 0 aliphatic heterocycles. The summed E-state index contributed by atoms with van der Waals surface area (Å²) in [5.41, 5.74) is 3.47. The van der Waals surface area contributed by atoms with Crippen LogP contribution in [0, 0.1) is 6.92 Å². The smallest absolute Gasteiger partial charge is 0.0729 e. The predicted octanol–water partition coefficient (Wildman–Crippen LogP) is 2.56. The van der Waals surface area contributed by atoms with Gasteiger partial charge < -0.3 is 10.4 Å². The Morgan fingerprint density at radius 2 is 2.28 bits per heavy atom. The highest BCUT2D eigenvalue weighted by Gasteiger charge is 2.01. The second-order valence-electron chi connectivity index (χ2n) is 4.14. The van der Waals surface area contributed by atoms with Crippen LogP contribution in [0.5, 0.6) is 0 Å². The highest BCUT2D eigenvalue weighted by molar-refractivity contribution is 9.10. The number of aliphatic hydroxyl groups excluding tert-OH is 1. The molecule has 0 radical (unpaired) electrons. The number of aromatic nitrogens is 2. The van der Waals surface area contributed by atoms with Gasteiger partial charge in [0.25, 0.3) is 0 Å². The number of aliphatic hydroxyl groups is 1. The second-order valence-corrected chi connectivity index (χ2v) is 5.06. The lowest BCUT2D eigenvalue weighted by atomic mass is 10.1. The van der Waals surface area contributed by atoms with Crippen molar-refractivity contribution in [3.05, 3.63) is 46.2 Å². The monoisotopic (exact) mass is 309 g/mol. The summed E-state index contributed by atoms with van der Waals surface area (Å²) in [6, 6.07) is 6.25. The largest absolute Gasteiger partial charge is 0.394 e. The molecule has 2 aromatic rings. The topological polar surface area (TPSA) is 50.1 Å². The number of aryl methyl sites for hydroxylation is 1. The summed E-state index contributed by atoms with van der Waals surface area (Å²) in [6.45, 7) is 3.49. The molecule has 0 amide bonds. The summed E-state index contributed by atoms with van der Waals surface area (Å²) in [5.74, 6) is 0. The van der Waals surface area contributed by atoms with Crippen LogP contribution in [0.4, 0.5) is 5.69 Å². The quantitative estimate of drug-likeness (QED) is 0.892. The molecule has 0 fully saturated rings. The van der Waals surface area contributed by atoms with Crippen LogP contribution in [0.1, 0.15) is 11.1 Å². The highest BCUT2D eigenvalue weighted by Crippen LogP contribution is 2.17. The minimum absolute atomic E-state index is 0.104. The Morgan fingerprint density at radius 3 is 3.00 bits per heavy atom. The van der Waals surface area contributed by atoms with Gasteiger partial charge in [0, 0.05) is 17.2 Å². The first-order valence-electron chi connectivity index (χ1n) is 5.81. The lowest BCUT2D eigenvalue weighted by Crippen LogP contribution is -2.02. The third kappa shape index (κ3) is 3.34. The minimum Gasteiger partial charge on any atom is -0.394 e. The number of hydrogen-bond acceptors (Lipinski definition) is 3. The fourth-order valence-corrected chi connectivity index (χ4v) is 2.21. The van der Waals surface area contributed by atoms with Crippen molar-refractivity contribution in [2.75, 3.05) is 11.9 Å². The van der Waals surface area contributed by atoms with Gasteiger partial charge in [-0.1, -0.05) is 22.0 Å².